The Bertz CT molecular complexity index is 832. The number of nitrogens with one attached hydrogen (secondary N) is 1. The molecule has 2 amide bonds. The third-order valence-corrected chi connectivity index (χ3v) is 4.18. The van der Waals surface area contributed by atoms with Crippen molar-refractivity contribution in [2.75, 3.05) is 13.2 Å². The summed E-state index contributed by atoms with van der Waals surface area (Å²) in [5, 5.41) is 17.7. The van der Waals surface area contributed by atoms with Crippen molar-refractivity contribution >= 4 is 22.8 Å². The van der Waals surface area contributed by atoms with Gasteiger partial charge in [0.25, 0.3) is 11.8 Å². The molecule has 0 bridgehead atoms. The van der Waals surface area contributed by atoms with Crippen molar-refractivity contribution in [3.8, 4) is 5.88 Å². The molecule has 0 saturated carbocycles. The molecule has 9 nitrogen and oxygen atoms in total. The molecule has 134 valence electrons. The van der Waals surface area contributed by atoms with Gasteiger partial charge in [0.1, 0.15) is 6.04 Å². The maximum Gasteiger partial charge on any atom is 0.268 e. The number of hydroxylamine groups is 2. The average Bonchev–Trinajstić information content (AvgIpc) is 2.86. The normalized spacial score (nSPS) is 17.8. The highest BCUT2D eigenvalue weighted by Crippen LogP contribution is 2.26. The van der Waals surface area contributed by atoms with Crippen LogP contribution in [0.1, 0.15) is 24.1 Å². The molecule has 1 aliphatic heterocycles. The fraction of sp³-hybridized carbons (Fsp3) is 0.500. The standard InChI is InChI=1S/C16H21N5O4/c1-9-7-10(2)17-14-13(9)15(19-20(14)3)25-8-12(22)18-11-5-4-6-21(24)16(11)23/h7,11,24H,4-6,8H2,1-3H3,(H,18,22). The topological polar surface area (TPSA) is 110 Å². The number of ether oxygens (including phenoxy) is 1. The van der Waals surface area contributed by atoms with Gasteiger partial charge in [-0.3, -0.25) is 14.8 Å². The third-order valence-electron chi connectivity index (χ3n) is 4.18. The molecule has 0 aromatic carbocycles. The number of hydrogen-bond donors (Lipinski definition) is 2. The van der Waals surface area contributed by atoms with Gasteiger partial charge in [0.2, 0.25) is 5.88 Å². The predicted molar refractivity (Wildman–Crippen MR) is 88.1 cm³/mol. The third kappa shape index (κ3) is 3.41. The molecular weight excluding hydrogens is 326 g/mol. The second-order valence-corrected chi connectivity index (χ2v) is 6.22. The number of piperidine rings is 1. The summed E-state index contributed by atoms with van der Waals surface area (Å²) in [4.78, 5) is 28.3. The quantitative estimate of drug-likeness (QED) is 0.778. The summed E-state index contributed by atoms with van der Waals surface area (Å²) in [5.74, 6) is -0.611. The molecule has 1 saturated heterocycles. The Balaban J connectivity index is 1.68. The molecule has 3 heterocycles. The van der Waals surface area contributed by atoms with Crippen molar-refractivity contribution in [2.45, 2.75) is 32.7 Å². The van der Waals surface area contributed by atoms with Gasteiger partial charge < -0.3 is 10.1 Å². The Labute approximate surface area is 144 Å². The fourth-order valence-corrected chi connectivity index (χ4v) is 3.01. The van der Waals surface area contributed by atoms with Crippen molar-refractivity contribution in [2.24, 2.45) is 7.05 Å². The zero-order valence-electron chi connectivity index (χ0n) is 14.4. The minimum Gasteiger partial charge on any atom is -0.466 e. The molecule has 0 radical (unpaired) electrons. The van der Waals surface area contributed by atoms with Crippen molar-refractivity contribution < 1.29 is 19.5 Å². The highest BCUT2D eigenvalue weighted by atomic mass is 16.5. The van der Waals surface area contributed by atoms with Gasteiger partial charge in [-0.05, 0) is 38.3 Å². The van der Waals surface area contributed by atoms with Crippen molar-refractivity contribution in [3.63, 3.8) is 0 Å². The van der Waals surface area contributed by atoms with Gasteiger partial charge in [-0.25, -0.2) is 14.7 Å². The SMILES string of the molecule is Cc1cc(C)c2c(OCC(=O)NC3CCCN(O)C3=O)nn(C)c2n1. The van der Waals surface area contributed by atoms with E-state index in [0.29, 0.717) is 29.4 Å². The zero-order chi connectivity index (χ0) is 18.1. The number of pyridine rings is 1. The molecule has 1 unspecified atom stereocenters. The van der Waals surface area contributed by atoms with Crippen molar-refractivity contribution in [3.05, 3.63) is 17.3 Å². The Morgan fingerprint density at radius 1 is 1.48 bits per heavy atom. The predicted octanol–water partition coefficient (Wildman–Crippen LogP) is 0.460. The zero-order valence-corrected chi connectivity index (χ0v) is 14.4. The van der Waals surface area contributed by atoms with Crippen LogP contribution in [0, 0.1) is 13.8 Å². The largest absolute Gasteiger partial charge is 0.466 e. The molecule has 25 heavy (non-hydrogen) atoms. The maximum atomic E-state index is 12.1. The number of hydrogen-bond acceptors (Lipinski definition) is 6. The summed E-state index contributed by atoms with van der Waals surface area (Å²) < 4.78 is 7.16. The van der Waals surface area contributed by atoms with E-state index < -0.39 is 17.9 Å². The molecule has 2 aromatic heterocycles. The fourth-order valence-electron chi connectivity index (χ4n) is 3.01. The van der Waals surface area contributed by atoms with Crippen LogP contribution in [0.5, 0.6) is 5.88 Å². The van der Waals surface area contributed by atoms with Gasteiger partial charge in [-0.15, -0.1) is 5.10 Å². The first-order valence-electron chi connectivity index (χ1n) is 8.10. The smallest absolute Gasteiger partial charge is 0.268 e. The Morgan fingerprint density at radius 3 is 3.00 bits per heavy atom. The number of rotatable bonds is 4. The van der Waals surface area contributed by atoms with E-state index >= 15 is 0 Å². The molecule has 3 rings (SSSR count). The van der Waals surface area contributed by atoms with Gasteiger partial charge in [0.15, 0.2) is 12.3 Å². The lowest BCUT2D eigenvalue weighted by Crippen LogP contribution is -2.51. The van der Waals surface area contributed by atoms with Crippen LogP contribution in [-0.4, -0.2) is 56.0 Å². The minimum absolute atomic E-state index is 0.269. The van der Waals surface area contributed by atoms with Gasteiger partial charge in [-0.2, -0.15) is 0 Å². The molecule has 0 aliphatic carbocycles. The lowest BCUT2D eigenvalue weighted by molar-refractivity contribution is -0.173. The van der Waals surface area contributed by atoms with Gasteiger partial charge in [0, 0.05) is 19.3 Å². The first kappa shape index (κ1) is 17.2. The molecule has 2 aromatic rings. The molecule has 1 fully saturated rings. The highest BCUT2D eigenvalue weighted by Gasteiger charge is 2.29. The number of amides is 2. The van der Waals surface area contributed by atoms with E-state index in [-0.39, 0.29) is 13.2 Å². The number of aryl methyl sites for hydroxylation is 3. The Kier molecular flexibility index (Phi) is 4.58. The van der Waals surface area contributed by atoms with E-state index in [1.807, 2.05) is 19.9 Å². The van der Waals surface area contributed by atoms with E-state index in [1.165, 1.54) is 0 Å². The summed E-state index contributed by atoms with van der Waals surface area (Å²) in [6.07, 6.45) is 1.12. The van der Waals surface area contributed by atoms with Crippen LogP contribution < -0.4 is 10.1 Å². The molecule has 0 spiro atoms. The summed E-state index contributed by atoms with van der Waals surface area (Å²) in [5.41, 5.74) is 2.53. The van der Waals surface area contributed by atoms with Crippen molar-refractivity contribution in [1.82, 2.24) is 25.1 Å². The van der Waals surface area contributed by atoms with E-state index in [4.69, 9.17) is 4.74 Å². The van der Waals surface area contributed by atoms with Crippen LogP contribution in [0.2, 0.25) is 0 Å². The summed E-state index contributed by atoms with van der Waals surface area (Å²) in [6, 6.07) is 1.20. The highest BCUT2D eigenvalue weighted by molar-refractivity contribution is 5.89. The molecule has 1 atom stereocenters. The van der Waals surface area contributed by atoms with E-state index in [0.717, 1.165) is 16.6 Å². The Morgan fingerprint density at radius 2 is 2.24 bits per heavy atom. The maximum absolute atomic E-state index is 12.1. The number of aromatic nitrogens is 3. The molecular formula is C16H21N5O4. The number of nitrogens with zero attached hydrogens (tertiary/aromatic N) is 4. The monoisotopic (exact) mass is 347 g/mol. The minimum atomic E-state index is -0.721. The lowest BCUT2D eigenvalue weighted by atomic mass is 10.1. The number of fused-ring (bicyclic) bond motifs is 1. The van der Waals surface area contributed by atoms with E-state index in [9.17, 15) is 14.8 Å². The van der Waals surface area contributed by atoms with Crippen molar-refractivity contribution in [1.29, 1.82) is 0 Å². The Hall–Kier alpha value is -2.68. The van der Waals surface area contributed by atoms with E-state index in [1.54, 1.807) is 11.7 Å². The van der Waals surface area contributed by atoms with Crippen LogP contribution in [0.3, 0.4) is 0 Å². The second-order valence-electron chi connectivity index (χ2n) is 6.22. The van der Waals surface area contributed by atoms with Crippen LogP contribution in [-0.2, 0) is 16.6 Å². The van der Waals surface area contributed by atoms with Gasteiger partial charge >= 0.3 is 0 Å². The number of carbonyl (C=O) groups excluding carboxylic acids is 2. The molecule has 2 N–H and O–H groups in total. The van der Waals surface area contributed by atoms with Crippen LogP contribution in [0.15, 0.2) is 6.07 Å². The molecule has 9 heteroatoms. The van der Waals surface area contributed by atoms with Gasteiger partial charge in [0.05, 0.1) is 5.39 Å². The summed E-state index contributed by atoms with van der Waals surface area (Å²) >= 11 is 0. The lowest BCUT2D eigenvalue weighted by Gasteiger charge is -2.27. The average molecular weight is 347 g/mol. The first-order valence-corrected chi connectivity index (χ1v) is 8.10. The van der Waals surface area contributed by atoms with Crippen LogP contribution in [0.25, 0.3) is 11.0 Å². The van der Waals surface area contributed by atoms with Gasteiger partial charge in [-0.1, -0.05) is 0 Å². The summed E-state index contributed by atoms with van der Waals surface area (Å²) in [6.45, 7) is 3.85. The second kappa shape index (κ2) is 6.67. The van der Waals surface area contributed by atoms with Crippen LogP contribution >= 0.6 is 0 Å². The van der Waals surface area contributed by atoms with E-state index in [2.05, 4.69) is 15.4 Å². The number of carbonyl (C=O) groups is 2. The molecule has 1 aliphatic rings. The first-order chi connectivity index (χ1) is 11.9. The van der Waals surface area contributed by atoms with Crippen LogP contribution in [0.4, 0.5) is 0 Å². The summed E-state index contributed by atoms with van der Waals surface area (Å²) in [7, 11) is 1.76.